The second-order valence-corrected chi connectivity index (χ2v) is 8.68. The van der Waals surface area contributed by atoms with Crippen molar-refractivity contribution in [2.24, 2.45) is 5.92 Å². The van der Waals surface area contributed by atoms with Gasteiger partial charge in [-0.15, -0.1) is 10.2 Å². The molecule has 0 saturated carbocycles. The van der Waals surface area contributed by atoms with Gasteiger partial charge in [0.2, 0.25) is 0 Å². The summed E-state index contributed by atoms with van der Waals surface area (Å²) in [6, 6.07) is 17.2. The van der Waals surface area contributed by atoms with Crippen LogP contribution < -0.4 is 5.32 Å². The Hall–Kier alpha value is -3.06. The van der Waals surface area contributed by atoms with E-state index in [4.69, 9.17) is 0 Å². The topological polar surface area (TPSA) is 104 Å². The first-order valence-electron chi connectivity index (χ1n) is 11.5. The molecule has 3 aromatic rings. The Bertz CT molecular complexity index is 997. The summed E-state index contributed by atoms with van der Waals surface area (Å²) in [6.07, 6.45) is 4.38. The maximum Gasteiger partial charge on any atom is 0.307 e. The number of benzene rings is 2. The van der Waals surface area contributed by atoms with Gasteiger partial charge in [-0.05, 0) is 60.4 Å². The zero-order valence-corrected chi connectivity index (χ0v) is 18.5. The summed E-state index contributed by atoms with van der Waals surface area (Å²) >= 11 is 0. The highest BCUT2D eigenvalue weighted by molar-refractivity contribution is 5.71. The van der Waals surface area contributed by atoms with Crippen molar-refractivity contribution in [1.29, 1.82) is 0 Å². The number of hydrogen-bond donors (Lipinski definition) is 3. The standard InChI is InChI=1S/C25H31N5O2/c1-2-5-22(25(31)32)23(24-27-29-30-28-24)14-17-9-11-18(12-10-17)19-6-3-7-20(15-19)21-8-4-13-26-16-21/h3,6-7,9-12,15,21-23,26H,2,4-5,8,13-14,16H2,1H3,(H,31,32)(H,27,28,29,30)/t21?,22-,23-/m0/s1. The van der Waals surface area contributed by atoms with E-state index in [1.54, 1.807) is 0 Å². The summed E-state index contributed by atoms with van der Waals surface area (Å²) in [5, 5.41) is 27.6. The van der Waals surface area contributed by atoms with Gasteiger partial charge >= 0.3 is 5.97 Å². The Labute approximate surface area is 188 Å². The van der Waals surface area contributed by atoms with E-state index in [1.807, 2.05) is 6.92 Å². The Morgan fingerprint density at radius 3 is 2.69 bits per heavy atom. The molecule has 4 rings (SSSR count). The van der Waals surface area contributed by atoms with Crippen LogP contribution in [0.15, 0.2) is 48.5 Å². The van der Waals surface area contributed by atoms with Crippen LogP contribution in [0.5, 0.6) is 0 Å². The van der Waals surface area contributed by atoms with Gasteiger partial charge in [0, 0.05) is 12.5 Å². The summed E-state index contributed by atoms with van der Waals surface area (Å²) < 4.78 is 0. The average Bonchev–Trinajstić information content (AvgIpc) is 3.37. The van der Waals surface area contributed by atoms with Crippen LogP contribution in [-0.4, -0.2) is 44.8 Å². The van der Waals surface area contributed by atoms with Crippen molar-refractivity contribution in [1.82, 2.24) is 25.9 Å². The van der Waals surface area contributed by atoms with Crippen LogP contribution in [0.1, 0.15) is 61.4 Å². The lowest BCUT2D eigenvalue weighted by molar-refractivity contribution is -0.142. The van der Waals surface area contributed by atoms with Crippen molar-refractivity contribution in [2.75, 3.05) is 13.1 Å². The molecular formula is C25H31N5O2. The SMILES string of the molecule is CCC[C@H](C(=O)O)[C@H](Cc1ccc(-c2cccc(C3CCCNC3)c2)cc1)c1nn[nH]n1. The largest absolute Gasteiger partial charge is 0.481 e. The molecule has 168 valence electrons. The Kier molecular flexibility index (Phi) is 7.27. The fourth-order valence-electron chi connectivity index (χ4n) is 4.74. The quantitative estimate of drug-likeness (QED) is 0.468. The van der Waals surface area contributed by atoms with Crippen molar-refractivity contribution in [3.8, 4) is 11.1 Å². The van der Waals surface area contributed by atoms with E-state index in [-0.39, 0.29) is 5.92 Å². The molecule has 1 unspecified atom stereocenters. The van der Waals surface area contributed by atoms with Crippen molar-refractivity contribution < 1.29 is 9.90 Å². The lowest BCUT2D eigenvalue weighted by atomic mass is 9.83. The van der Waals surface area contributed by atoms with Crippen LogP contribution in [0.2, 0.25) is 0 Å². The fraction of sp³-hybridized carbons (Fsp3) is 0.440. The molecule has 1 aromatic heterocycles. The van der Waals surface area contributed by atoms with Gasteiger partial charge in [0.15, 0.2) is 5.82 Å². The van der Waals surface area contributed by atoms with Gasteiger partial charge in [0.1, 0.15) is 0 Å². The van der Waals surface area contributed by atoms with Gasteiger partial charge in [0.05, 0.1) is 5.92 Å². The number of rotatable bonds is 9. The van der Waals surface area contributed by atoms with E-state index in [9.17, 15) is 9.90 Å². The first kappa shape index (κ1) is 22.1. The number of carbonyl (C=O) groups is 1. The average molecular weight is 434 g/mol. The maximum atomic E-state index is 11.9. The molecule has 1 saturated heterocycles. The minimum Gasteiger partial charge on any atom is -0.481 e. The number of nitrogens with zero attached hydrogens (tertiary/aromatic N) is 3. The number of aliphatic carboxylic acids is 1. The minimum atomic E-state index is -0.813. The van der Waals surface area contributed by atoms with E-state index in [0.29, 0.717) is 24.6 Å². The summed E-state index contributed by atoms with van der Waals surface area (Å²) in [7, 11) is 0. The normalized spacial score (nSPS) is 18.2. The van der Waals surface area contributed by atoms with Crippen molar-refractivity contribution in [2.45, 2.75) is 50.9 Å². The van der Waals surface area contributed by atoms with Crippen LogP contribution in [0.3, 0.4) is 0 Å². The molecule has 0 amide bonds. The lowest BCUT2D eigenvalue weighted by Crippen LogP contribution is -2.28. The van der Waals surface area contributed by atoms with Crippen molar-refractivity contribution in [3.63, 3.8) is 0 Å². The number of carboxylic acid groups (broad SMARTS) is 1. The van der Waals surface area contributed by atoms with Crippen molar-refractivity contribution >= 4 is 5.97 Å². The zero-order chi connectivity index (χ0) is 22.3. The number of piperidine rings is 1. The van der Waals surface area contributed by atoms with E-state index in [2.05, 4.69) is 74.5 Å². The number of H-pyrrole nitrogens is 1. The van der Waals surface area contributed by atoms with Gasteiger partial charge in [-0.25, -0.2) is 0 Å². The van der Waals surface area contributed by atoms with Crippen LogP contribution in [0.4, 0.5) is 0 Å². The minimum absolute atomic E-state index is 0.320. The second-order valence-electron chi connectivity index (χ2n) is 8.68. The molecule has 2 aromatic carbocycles. The third-order valence-electron chi connectivity index (χ3n) is 6.49. The molecule has 1 aliphatic rings. The third kappa shape index (κ3) is 5.22. The molecule has 2 heterocycles. The molecule has 3 N–H and O–H groups in total. The molecular weight excluding hydrogens is 402 g/mol. The number of tetrazole rings is 1. The summed E-state index contributed by atoms with van der Waals surface area (Å²) in [6.45, 7) is 4.15. The van der Waals surface area contributed by atoms with E-state index >= 15 is 0 Å². The molecule has 1 aliphatic heterocycles. The summed E-state index contributed by atoms with van der Waals surface area (Å²) in [4.78, 5) is 11.9. The van der Waals surface area contributed by atoms with Gasteiger partial charge in [-0.2, -0.15) is 5.21 Å². The van der Waals surface area contributed by atoms with Gasteiger partial charge in [-0.1, -0.05) is 67.1 Å². The number of hydrogen-bond acceptors (Lipinski definition) is 5. The molecule has 0 radical (unpaired) electrons. The first-order valence-corrected chi connectivity index (χ1v) is 11.5. The molecule has 1 fully saturated rings. The molecule has 0 bridgehead atoms. The highest BCUT2D eigenvalue weighted by Crippen LogP contribution is 2.31. The smallest absolute Gasteiger partial charge is 0.307 e. The Balaban J connectivity index is 1.53. The van der Waals surface area contributed by atoms with Crippen LogP contribution in [0, 0.1) is 5.92 Å². The number of nitrogens with one attached hydrogen (secondary N) is 2. The van der Waals surface area contributed by atoms with Crippen molar-refractivity contribution in [3.05, 3.63) is 65.5 Å². The highest BCUT2D eigenvalue weighted by atomic mass is 16.4. The lowest BCUT2D eigenvalue weighted by Gasteiger charge is -2.23. The number of carboxylic acids is 1. The van der Waals surface area contributed by atoms with Crippen LogP contribution >= 0.6 is 0 Å². The monoisotopic (exact) mass is 433 g/mol. The Morgan fingerprint density at radius 2 is 2.03 bits per heavy atom. The number of aromatic amines is 1. The summed E-state index contributed by atoms with van der Waals surface area (Å²) in [5.41, 5.74) is 4.83. The maximum absolute atomic E-state index is 11.9. The van der Waals surface area contributed by atoms with Gasteiger partial charge in [-0.3, -0.25) is 4.79 Å². The third-order valence-corrected chi connectivity index (χ3v) is 6.49. The van der Waals surface area contributed by atoms with Gasteiger partial charge in [0.25, 0.3) is 0 Å². The fourth-order valence-corrected chi connectivity index (χ4v) is 4.74. The van der Waals surface area contributed by atoms with E-state index in [0.717, 1.165) is 25.1 Å². The predicted molar refractivity (Wildman–Crippen MR) is 123 cm³/mol. The van der Waals surface area contributed by atoms with Crippen LogP contribution in [0.25, 0.3) is 11.1 Å². The summed E-state index contributed by atoms with van der Waals surface area (Å²) in [5.74, 6) is -0.640. The Morgan fingerprint density at radius 1 is 1.19 bits per heavy atom. The van der Waals surface area contributed by atoms with Crippen LogP contribution in [-0.2, 0) is 11.2 Å². The molecule has 0 aliphatic carbocycles. The molecule has 0 spiro atoms. The molecule has 3 atom stereocenters. The molecule has 7 nitrogen and oxygen atoms in total. The predicted octanol–water partition coefficient (Wildman–Crippen LogP) is 4.16. The highest BCUT2D eigenvalue weighted by Gasteiger charge is 2.32. The first-order chi connectivity index (χ1) is 15.7. The molecule has 7 heteroatoms. The van der Waals surface area contributed by atoms with E-state index < -0.39 is 11.9 Å². The second kappa shape index (κ2) is 10.5. The molecule has 32 heavy (non-hydrogen) atoms. The van der Waals surface area contributed by atoms with Gasteiger partial charge < -0.3 is 10.4 Å². The zero-order valence-electron chi connectivity index (χ0n) is 18.5. The number of aromatic nitrogens is 4. The van der Waals surface area contributed by atoms with E-state index in [1.165, 1.54) is 29.5 Å².